The summed E-state index contributed by atoms with van der Waals surface area (Å²) < 4.78 is 10.8. The number of amides is 1. The van der Waals surface area contributed by atoms with Crippen LogP contribution in [-0.4, -0.2) is 38.9 Å². The third-order valence-electron chi connectivity index (χ3n) is 2.65. The van der Waals surface area contributed by atoms with Crippen LogP contribution in [0.15, 0.2) is 0 Å². The number of carbonyl (C=O) groups is 1. The molecule has 0 unspecified atom stereocenters. The van der Waals surface area contributed by atoms with Crippen molar-refractivity contribution in [2.45, 2.75) is 52.4 Å². The van der Waals surface area contributed by atoms with Gasteiger partial charge in [-0.3, -0.25) is 4.79 Å². The fourth-order valence-corrected chi connectivity index (χ4v) is 1.52. The van der Waals surface area contributed by atoms with Crippen molar-refractivity contribution in [2.75, 3.05) is 33.0 Å². The van der Waals surface area contributed by atoms with Crippen LogP contribution in [-0.2, 0) is 14.3 Å². The largest absolute Gasteiger partial charge is 0.379 e. The van der Waals surface area contributed by atoms with Crippen molar-refractivity contribution in [3.8, 4) is 0 Å². The van der Waals surface area contributed by atoms with Gasteiger partial charge < -0.3 is 14.8 Å². The predicted molar refractivity (Wildman–Crippen MR) is 73.7 cm³/mol. The Kier molecular flexibility index (Phi) is 14.0. The van der Waals surface area contributed by atoms with Crippen LogP contribution in [0.25, 0.3) is 0 Å². The molecule has 108 valence electrons. The van der Waals surface area contributed by atoms with Crippen LogP contribution in [0.2, 0.25) is 0 Å². The summed E-state index contributed by atoms with van der Waals surface area (Å²) in [6.07, 6.45) is 6.86. The summed E-state index contributed by atoms with van der Waals surface area (Å²) in [6.45, 7) is 7.29. The predicted octanol–water partition coefficient (Wildman–Crippen LogP) is 2.52. The Labute approximate surface area is 111 Å². The van der Waals surface area contributed by atoms with Crippen LogP contribution in [0.5, 0.6) is 0 Å². The average Bonchev–Trinajstić information content (AvgIpc) is 2.39. The normalized spacial score (nSPS) is 10.6. The van der Waals surface area contributed by atoms with Crippen LogP contribution in [0, 0.1) is 0 Å². The lowest BCUT2D eigenvalue weighted by Crippen LogP contribution is -2.26. The van der Waals surface area contributed by atoms with Crippen LogP contribution < -0.4 is 5.32 Å². The zero-order chi connectivity index (χ0) is 13.5. The first kappa shape index (κ1) is 17.4. The highest BCUT2D eigenvalue weighted by molar-refractivity contribution is 5.75. The van der Waals surface area contributed by atoms with Gasteiger partial charge in [0.05, 0.1) is 19.8 Å². The topological polar surface area (TPSA) is 47.6 Å². The van der Waals surface area contributed by atoms with E-state index in [9.17, 15) is 4.79 Å². The average molecular weight is 259 g/mol. The minimum absolute atomic E-state index is 0.0712. The van der Waals surface area contributed by atoms with Crippen LogP contribution >= 0.6 is 0 Å². The van der Waals surface area contributed by atoms with E-state index in [2.05, 4.69) is 12.2 Å². The van der Waals surface area contributed by atoms with Crippen molar-refractivity contribution in [3.05, 3.63) is 0 Å². The Balaban J connectivity index is 2.97. The molecule has 0 saturated heterocycles. The van der Waals surface area contributed by atoms with Gasteiger partial charge in [-0.15, -0.1) is 0 Å². The Hall–Kier alpha value is -0.610. The molecule has 0 aliphatic carbocycles. The van der Waals surface area contributed by atoms with Crippen molar-refractivity contribution in [2.24, 2.45) is 0 Å². The minimum Gasteiger partial charge on any atom is -0.379 e. The van der Waals surface area contributed by atoms with E-state index < -0.39 is 0 Å². The van der Waals surface area contributed by atoms with E-state index in [1.54, 1.807) is 0 Å². The maximum atomic E-state index is 10.9. The second-order valence-electron chi connectivity index (χ2n) is 4.34. The molecule has 0 spiro atoms. The Morgan fingerprint density at radius 2 is 1.56 bits per heavy atom. The molecule has 0 aromatic heterocycles. The van der Waals surface area contributed by atoms with E-state index in [-0.39, 0.29) is 5.91 Å². The molecule has 1 N–H and O–H groups in total. The van der Waals surface area contributed by atoms with Gasteiger partial charge in [0.25, 0.3) is 0 Å². The number of hydrogen-bond donors (Lipinski definition) is 1. The molecule has 4 heteroatoms. The first-order valence-corrected chi connectivity index (χ1v) is 7.23. The quantitative estimate of drug-likeness (QED) is 0.517. The summed E-state index contributed by atoms with van der Waals surface area (Å²) in [6, 6.07) is 0. The molecule has 0 atom stereocenters. The van der Waals surface area contributed by atoms with Crippen molar-refractivity contribution >= 4 is 5.91 Å². The maximum Gasteiger partial charge on any atom is 0.219 e. The van der Waals surface area contributed by atoms with E-state index in [0.29, 0.717) is 32.8 Å². The van der Waals surface area contributed by atoms with Crippen molar-refractivity contribution in [3.63, 3.8) is 0 Å². The smallest absolute Gasteiger partial charge is 0.219 e. The van der Waals surface area contributed by atoms with Gasteiger partial charge in [-0.05, 0) is 6.42 Å². The van der Waals surface area contributed by atoms with E-state index in [0.717, 1.165) is 13.0 Å². The fraction of sp³-hybridized carbons (Fsp3) is 0.929. The molecular weight excluding hydrogens is 230 g/mol. The molecular formula is C14H29NO3. The Bertz CT molecular complexity index is 186. The number of nitrogens with one attached hydrogen (secondary N) is 1. The molecule has 1 amide bonds. The summed E-state index contributed by atoms with van der Waals surface area (Å²) in [5, 5.41) is 2.76. The summed E-state index contributed by atoms with van der Waals surface area (Å²) in [4.78, 5) is 10.9. The highest BCUT2D eigenvalue weighted by atomic mass is 16.5. The molecule has 0 aliphatic heterocycles. The van der Waals surface area contributed by atoms with Crippen LogP contribution in [0.4, 0.5) is 0 Å². The molecule has 0 radical (unpaired) electrons. The van der Waals surface area contributed by atoms with Gasteiger partial charge in [-0.2, -0.15) is 0 Å². The molecule has 0 aromatic rings. The van der Waals surface area contributed by atoms with Crippen LogP contribution in [0.1, 0.15) is 52.4 Å². The van der Waals surface area contributed by atoms with Gasteiger partial charge >= 0.3 is 0 Å². The molecule has 0 aliphatic rings. The second-order valence-corrected chi connectivity index (χ2v) is 4.34. The highest BCUT2D eigenvalue weighted by Gasteiger charge is 1.95. The number of carbonyl (C=O) groups excluding carboxylic acids is 1. The number of hydrogen-bond acceptors (Lipinski definition) is 3. The van der Waals surface area contributed by atoms with Crippen LogP contribution in [0.3, 0.4) is 0 Å². The van der Waals surface area contributed by atoms with Gasteiger partial charge in [0.1, 0.15) is 0 Å². The van der Waals surface area contributed by atoms with Gasteiger partial charge in [0, 0.05) is 19.6 Å². The lowest BCUT2D eigenvalue weighted by Gasteiger charge is -2.06. The highest BCUT2D eigenvalue weighted by Crippen LogP contribution is 2.02. The zero-order valence-electron chi connectivity index (χ0n) is 12.0. The summed E-state index contributed by atoms with van der Waals surface area (Å²) in [5.41, 5.74) is 0. The molecule has 0 saturated carbocycles. The summed E-state index contributed by atoms with van der Waals surface area (Å²) >= 11 is 0. The molecule has 0 rings (SSSR count). The third-order valence-corrected chi connectivity index (χ3v) is 2.65. The van der Waals surface area contributed by atoms with Crippen molar-refractivity contribution in [1.29, 1.82) is 0 Å². The molecule has 0 aromatic carbocycles. The Morgan fingerprint density at radius 3 is 2.22 bits per heavy atom. The van der Waals surface area contributed by atoms with E-state index in [1.165, 1.54) is 25.7 Å². The van der Waals surface area contributed by atoms with E-state index in [4.69, 9.17) is 9.47 Å². The van der Waals surface area contributed by atoms with Gasteiger partial charge in [0.2, 0.25) is 5.91 Å². The molecule has 4 nitrogen and oxygen atoms in total. The maximum absolute atomic E-state index is 10.9. The van der Waals surface area contributed by atoms with E-state index in [1.807, 2.05) is 6.92 Å². The molecule has 18 heavy (non-hydrogen) atoms. The first-order valence-electron chi connectivity index (χ1n) is 7.23. The van der Waals surface area contributed by atoms with Gasteiger partial charge in [-0.25, -0.2) is 0 Å². The zero-order valence-corrected chi connectivity index (χ0v) is 12.0. The fourth-order valence-electron chi connectivity index (χ4n) is 1.52. The lowest BCUT2D eigenvalue weighted by atomic mass is 10.2. The standard InChI is InChI=1S/C14H29NO3/c1-3-5-6-7-8-10-17-12-13-18-11-9-15-14(16)4-2/h3-13H2,1-2H3,(H,15,16). The number of ether oxygens (including phenoxy) is 2. The third kappa shape index (κ3) is 13.5. The summed E-state index contributed by atoms with van der Waals surface area (Å²) in [7, 11) is 0. The van der Waals surface area contributed by atoms with Gasteiger partial charge in [-0.1, -0.05) is 39.5 Å². The van der Waals surface area contributed by atoms with Gasteiger partial charge in [0.15, 0.2) is 0 Å². The van der Waals surface area contributed by atoms with Crippen molar-refractivity contribution in [1.82, 2.24) is 5.32 Å². The number of unbranched alkanes of at least 4 members (excludes halogenated alkanes) is 4. The SMILES string of the molecule is CCCCCCCOCCOCCNC(=O)CC. The lowest BCUT2D eigenvalue weighted by molar-refractivity contribution is -0.121. The van der Waals surface area contributed by atoms with Crippen molar-refractivity contribution < 1.29 is 14.3 Å². The minimum atomic E-state index is 0.0712. The number of rotatable bonds is 13. The second kappa shape index (κ2) is 14.5. The molecule has 0 fully saturated rings. The molecule has 0 bridgehead atoms. The first-order chi connectivity index (χ1) is 8.81. The Morgan fingerprint density at radius 1 is 0.889 bits per heavy atom. The van der Waals surface area contributed by atoms with E-state index >= 15 is 0 Å². The monoisotopic (exact) mass is 259 g/mol. The summed E-state index contributed by atoms with van der Waals surface area (Å²) in [5.74, 6) is 0.0712. The molecule has 0 heterocycles.